The summed E-state index contributed by atoms with van der Waals surface area (Å²) in [7, 11) is 0. The highest BCUT2D eigenvalue weighted by molar-refractivity contribution is 5.88. The molecule has 1 aromatic heterocycles. The van der Waals surface area contributed by atoms with Crippen molar-refractivity contribution in [3.8, 4) is 0 Å². The number of piperidine rings is 1. The van der Waals surface area contributed by atoms with Gasteiger partial charge in [-0.3, -0.25) is 4.90 Å². The lowest BCUT2D eigenvalue weighted by Crippen LogP contribution is -2.44. The van der Waals surface area contributed by atoms with Crippen molar-refractivity contribution in [2.45, 2.75) is 70.6 Å². The topological polar surface area (TPSA) is 93.9 Å². The van der Waals surface area contributed by atoms with Crippen molar-refractivity contribution in [2.75, 3.05) is 19.8 Å². The van der Waals surface area contributed by atoms with E-state index in [1.807, 2.05) is 20.8 Å². The highest BCUT2D eigenvalue weighted by atomic mass is 16.6. The molecule has 0 aromatic carbocycles. The first-order chi connectivity index (χ1) is 12.8. The summed E-state index contributed by atoms with van der Waals surface area (Å²) in [5.74, 6) is -0.910. The van der Waals surface area contributed by atoms with Crippen LogP contribution in [0, 0.1) is 0 Å². The maximum Gasteiger partial charge on any atom is 0.411 e. The molecule has 1 aromatic rings. The number of carbonyl (C=O) groups excluding carboxylic acids is 1. The summed E-state index contributed by atoms with van der Waals surface area (Å²) in [5.41, 5.74) is 0.236. The Morgan fingerprint density at radius 2 is 1.93 bits per heavy atom. The van der Waals surface area contributed by atoms with Gasteiger partial charge in [0, 0.05) is 31.9 Å². The van der Waals surface area contributed by atoms with Crippen molar-refractivity contribution in [3.63, 3.8) is 0 Å². The number of rotatable bonds is 3. The van der Waals surface area contributed by atoms with Crippen molar-refractivity contribution >= 4 is 12.1 Å². The first kappa shape index (κ1) is 19.7. The summed E-state index contributed by atoms with van der Waals surface area (Å²) < 4.78 is 12.6. The fraction of sp³-hybridized carbons (Fsp3) is 0.737. The third kappa shape index (κ3) is 4.61. The molecule has 1 amide bonds. The van der Waals surface area contributed by atoms with E-state index >= 15 is 0 Å². The van der Waals surface area contributed by atoms with Crippen molar-refractivity contribution < 1.29 is 24.2 Å². The molecule has 0 radical (unpaired) electrons. The Labute approximate surface area is 159 Å². The van der Waals surface area contributed by atoms with E-state index in [0.717, 1.165) is 32.1 Å². The molecule has 3 rings (SSSR count). The lowest BCUT2D eigenvalue weighted by Gasteiger charge is -2.36. The van der Waals surface area contributed by atoms with Gasteiger partial charge in [0.05, 0.1) is 5.69 Å². The Hall–Kier alpha value is -2.09. The van der Waals surface area contributed by atoms with E-state index < -0.39 is 11.6 Å². The van der Waals surface area contributed by atoms with Gasteiger partial charge in [-0.2, -0.15) is 5.10 Å². The predicted octanol–water partition coefficient (Wildman–Crippen LogP) is 3.39. The van der Waals surface area contributed by atoms with Gasteiger partial charge in [0.2, 0.25) is 0 Å². The molecule has 1 atom stereocenters. The molecule has 8 heteroatoms. The number of amides is 1. The number of carbonyl (C=O) groups is 2. The number of hydrogen-bond donors (Lipinski definition) is 1. The molecule has 8 nitrogen and oxygen atoms in total. The van der Waals surface area contributed by atoms with Crippen molar-refractivity contribution in [1.29, 1.82) is 0 Å². The normalized spacial score (nSPS) is 21.9. The second-order valence-corrected chi connectivity index (χ2v) is 8.25. The van der Waals surface area contributed by atoms with E-state index in [9.17, 15) is 14.7 Å². The number of nitrogens with zero attached hydrogens (tertiary/aromatic N) is 3. The predicted molar refractivity (Wildman–Crippen MR) is 97.8 cm³/mol. The average Bonchev–Trinajstić information content (AvgIpc) is 3.06. The van der Waals surface area contributed by atoms with Crippen LogP contribution in [0.2, 0.25) is 0 Å². The van der Waals surface area contributed by atoms with Gasteiger partial charge >= 0.3 is 12.1 Å². The highest BCUT2D eigenvalue weighted by Crippen LogP contribution is 2.32. The average molecular weight is 379 g/mol. The molecular weight excluding hydrogens is 350 g/mol. The number of carboxylic acids is 1. The highest BCUT2D eigenvalue weighted by Gasteiger charge is 2.34. The fourth-order valence-electron chi connectivity index (χ4n) is 3.72. The van der Waals surface area contributed by atoms with Crippen LogP contribution in [0.15, 0.2) is 6.20 Å². The Morgan fingerprint density at radius 1 is 1.22 bits per heavy atom. The molecule has 2 aliphatic rings. The van der Waals surface area contributed by atoms with Crippen LogP contribution in [0.5, 0.6) is 0 Å². The number of carboxylic acid groups (broad SMARTS) is 1. The lowest BCUT2D eigenvalue weighted by atomic mass is 9.94. The summed E-state index contributed by atoms with van der Waals surface area (Å²) in [6.07, 6.45) is 4.98. The van der Waals surface area contributed by atoms with E-state index in [1.165, 1.54) is 0 Å². The molecule has 2 fully saturated rings. The fourth-order valence-corrected chi connectivity index (χ4v) is 3.72. The molecule has 2 saturated heterocycles. The molecular formula is C19H29N3O5. The van der Waals surface area contributed by atoms with Crippen LogP contribution < -0.4 is 0 Å². The zero-order valence-corrected chi connectivity index (χ0v) is 16.3. The maximum absolute atomic E-state index is 12.7. The number of ether oxygens (including phenoxy) is 2. The lowest BCUT2D eigenvalue weighted by molar-refractivity contribution is -0.00359. The zero-order valence-electron chi connectivity index (χ0n) is 16.3. The molecule has 1 N–H and O–H groups in total. The van der Waals surface area contributed by atoms with Crippen LogP contribution in [0.1, 0.15) is 81.0 Å². The van der Waals surface area contributed by atoms with E-state index in [4.69, 9.17) is 9.47 Å². The molecule has 0 unspecified atom stereocenters. The third-order valence-electron chi connectivity index (χ3n) is 5.00. The largest absolute Gasteiger partial charge is 0.478 e. The van der Waals surface area contributed by atoms with Crippen LogP contribution in [0.3, 0.4) is 0 Å². The second-order valence-electron chi connectivity index (χ2n) is 8.25. The van der Waals surface area contributed by atoms with Gasteiger partial charge in [0.25, 0.3) is 0 Å². The molecule has 27 heavy (non-hydrogen) atoms. The molecule has 0 bridgehead atoms. The summed E-state index contributed by atoms with van der Waals surface area (Å²) in [4.78, 5) is 26.1. The Morgan fingerprint density at radius 3 is 2.56 bits per heavy atom. The second kappa shape index (κ2) is 7.88. The van der Waals surface area contributed by atoms with Gasteiger partial charge in [-0.05, 0) is 52.9 Å². The van der Waals surface area contributed by atoms with Gasteiger partial charge in [0.1, 0.15) is 17.3 Å². The monoisotopic (exact) mass is 379 g/mol. The molecule has 3 heterocycles. The molecule has 0 spiro atoms. The minimum Gasteiger partial charge on any atom is -0.478 e. The third-order valence-corrected chi connectivity index (χ3v) is 5.00. The van der Waals surface area contributed by atoms with Gasteiger partial charge in [-0.1, -0.05) is 0 Å². The summed E-state index contributed by atoms with van der Waals surface area (Å²) in [6, 6.07) is 0. The van der Waals surface area contributed by atoms with Gasteiger partial charge in [-0.15, -0.1) is 0 Å². The van der Waals surface area contributed by atoms with E-state index in [0.29, 0.717) is 25.5 Å². The van der Waals surface area contributed by atoms with Crippen molar-refractivity contribution in [1.82, 2.24) is 14.7 Å². The Balaban J connectivity index is 1.88. The first-order valence-electron chi connectivity index (χ1n) is 9.66. The zero-order chi connectivity index (χ0) is 19.6. The first-order valence-corrected chi connectivity index (χ1v) is 9.66. The molecule has 2 aliphatic heterocycles. The molecule has 0 aliphatic carbocycles. The van der Waals surface area contributed by atoms with Gasteiger partial charge in [0.15, 0.2) is 0 Å². The van der Waals surface area contributed by atoms with Crippen LogP contribution in [0.25, 0.3) is 0 Å². The SMILES string of the molecule is CC(C)(C)OC(=O)N1CCCC[C@@H]1n1cc(C(=O)O)c(C2CCOCC2)n1. The summed E-state index contributed by atoms with van der Waals surface area (Å²) in [5, 5.41) is 14.3. The quantitative estimate of drug-likeness (QED) is 0.865. The van der Waals surface area contributed by atoms with Gasteiger partial charge < -0.3 is 14.6 Å². The van der Waals surface area contributed by atoms with Crippen LogP contribution in [0.4, 0.5) is 4.79 Å². The van der Waals surface area contributed by atoms with Crippen LogP contribution in [-0.2, 0) is 9.47 Å². The number of aromatic nitrogens is 2. The molecule has 150 valence electrons. The van der Waals surface area contributed by atoms with Gasteiger partial charge in [-0.25, -0.2) is 14.3 Å². The van der Waals surface area contributed by atoms with E-state index in [2.05, 4.69) is 5.10 Å². The Bertz CT molecular complexity index is 688. The summed E-state index contributed by atoms with van der Waals surface area (Å²) in [6.45, 7) is 7.32. The maximum atomic E-state index is 12.7. The van der Waals surface area contributed by atoms with E-state index in [1.54, 1.807) is 15.8 Å². The number of hydrogen-bond acceptors (Lipinski definition) is 5. The number of likely N-dealkylation sites (tertiary alicyclic amines) is 1. The van der Waals surface area contributed by atoms with Crippen molar-refractivity contribution in [3.05, 3.63) is 17.5 Å². The van der Waals surface area contributed by atoms with Crippen molar-refractivity contribution in [2.24, 2.45) is 0 Å². The minimum atomic E-state index is -0.984. The van der Waals surface area contributed by atoms with Crippen LogP contribution >= 0.6 is 0 Å². The Kier molecular flexibility index (Phi) is 5.74. The van der Waals surface area contributed by atoms with E-state index in [-0.39, 0.29) is 23.7 Å². The number of aromatic carboxylic acids is 1. The summed E-state index contributed by atoms with van der Waals surface area (Å²) >= 11 is 0. The smallest absolute Gasteiger partial charge is 0.411 e. The minimum absolute atomic E-state index is 0.0738. The standard InChI is InChI=1S/C19H29N3O5/c1-19(2,3)27-18(25)21-9-5-4-6-15(21)22-12-14(17(23)24)16(20-22)13-7-10-26-11-8-13/h12-13,15H,4-11H2,1-3H3,(H,23,24)/t15-/m0/s1. The molecule has 0 saturated carbocycles. The van der Waals surface area contributed by atoms with Crippen LogP contribution in [-0.4, -0.2) is 57.2 Å².